The van der Waals surface area contributed by atoms with Crippen molar-refractivity contribution in [3.05, 3.63) is 69.5 Å². The van der Waals surface area contributed by atoms with Gasteiger partial charge in [0.15, 0.2) is 5.82 Å². The molecular weight excluding hydrogens is 283 g/mol. The average Bonchev–Trinajstić information content (AvgIpc) is 2.96. The van der Waals surface area contributed by atoms with Gasteiger partial charge in [-0.2, -0.15) is 0 Å². The van der Waals surface area contributed by atoms with Crippen LogP contribution in [-0.4, -0.2) is 11.5 Å². The lowest BCUT2D eigenvalue weighted by Gasteiger charge is -2.27. The summed E-state index contributed by atoms with van der Waals surface area (Å²) in [5.41, 5.74) is 2.56. The van der Waals surface area contributed by atoms with Crippen molar-refractivity contribution in [2.45, 2.75) is 25.8 Å². The molecule has 4 nitrogen and oxygen atoms in total. The maximum absolute atomic E-state index is 14.3. The van der Waals surface area contributed by atoms with Crippen LogP contribution >= 0.6 is 0 Å². The highest BCUT2D eigenvalue weighted by atomic mass is 19.1. The van der Waals surface area contributed by atoms with Crippen LogP contribution in [0.4, 0.5) is 15.8 Å². The number of hydrogen-bond donors (Lipinski definition) is 0. The summed E-state index contributed by atoms with van der Waals surface area (Å²) in [5, 5.41) is 10.7. The van der Waals surface area contributed by atoms with Gasteiger partial charge in [0, 0.05) is 12.6 Å². The lowest BCUT2D eigenvalue weighted by molar-refractivity contribution is -0.385. The van der Waals surface area contributed by atoms with Gasteiger partial charge in [-0.3, -0.25) is 10.1 Å². The molecule has 114 valence electrons. The van der Waals surface area contributed by atoms with E-state index in [2.05, 4.69) is 12.1 Å². The molecule has 0 radical (unpaired) electrons. The number of hydrogen-bond acceptors (Lipinski definition) is 3. The molecule has 0 N–H and O–H groups in total. The zero-order valence-corrected chi connectivity index (χ0v) is 12.3. The van der Waals surface area contributed by atoms with Crippen LogP contribution in [-0.2, 0) is 0 Å². The first-order chi connectivity index (χ1) is 10.6. The maximum Gasteiger partial charge on any atom is 0.272 e. The van der Waals surface area contributed by atoms with Crippen molar-refractivity contribution in [3.8, 4) is 0 Å². The Bertz CT molecular complexity index is 718. The van der Waals surface area contributed by atoms with Crippen LogP contribution in [0, 0.1) is 22.9 Å². The Morgan fingerprint density at radius 3 is 2.77 bits per heavy atom. The molecule has 1 unspecified atom stereocenters. The minimum atomic E-state index is -0.575. The highest BCUT2D eigenvalue weighted by Gasteiger charge is 2.28. The first kappa shape index (κ1) is 14.5. The molecule has 2 aromatic rings. The van der Waals surface area contributed by atoms with Crippen LogP contribution in [0.2, 0.25) is 0 Å². The van der Waals surface area contributed by atoms with E-state index >= 15 is 0 Å². The van der Waals surface area contributed by atoms with Gasteiger partial charge in [-0.15, -0.1) is 0 Å². The summed E-state index contributed by atoms with van der Waals surface area (Å²) >= 11 is 0. The van der Waals surface area contributed by atoms with Crippen LogP contribution in [0.1, 0.15) is 30.0 Å². The Hall–Kier alpha value is -2.43. The predicted molar refractivity (Wildman–Crippen MR) is 83.6 cm³/mol. The first-order valence-electron chi connectivity index (χ1n) is 7.33. The van der Waals surface area contributed by atoms with E-state index in [1.807, 2.05) is 24.0 Å². The van der Waals surface area contributed by atoms with Gasteiger partial charge in [-0.05, 0) is 31.4 Å². The van der Waals surface area contributed by atoms with Gasteiger partial charge in [0.2, 0.25) is 0 Å². The third-order valence-electron chi connectivity index (χ3n) is 4.13. The molecule has 5 heteroatoms. The molecule has 0 saturated carbocycles. The number of non-ortho nitro benzene ring substituents is 1. The number of rotatable bonds is 3. The fourth-order valence-electron chi connectivity index (χ4n) is 3.12. The van der Waals surface area contributed by atoms with E-state index in [1.54, 1.807) is 0 Å². The number of anilines is 1. The van der Waals surface area contributed by atoms with Crippen LogP contribution in [0.15, 0.2) is 42.5 Å². The van der Waals surface area contributed by atoms with E-state index in [0.717, 1.165) is 31.0 Å². The lowest BCUT2D eigenvalue weighted by atomic mass is 10.0. The molecule has 1 aliphatic heterocycles. The Morgan fingerprint density at radius 2 is 2.09 bits per heavy atom. The predicted octanol–water partition coefficient (Wildman–Crippen LogP) is 4.38. The van der Waals surface area contributed by atoms with E-state index in [0.29, 0.717) is 5.69 Å². The second kappa shape index (κ2) is 5.75. The number of halogens is 1. The molecule has 1 heterocycles. The Morgan fingerprint density at radius 1 is 1.27 bits per heavy atom. The minimum Gasteiger partial charge on any atom is -0.362 e. The van der Waals surface area contributed by atoms with Crippen LogP contribution < -0.4 is 4.90 Å². The second-order valence-corrected chi connectivity index (χ2v) is 5.66. The number of benzene rings is 2. The fraction of sp³-hybridized carbons (Fsp3) is 0.294. The Kier molecular flexibility index (Phi) is 3.79. The van der Waals surface area contributed by atoms with Gasteiger partial charge in [-0.25, -0.2) is 4.39 Å². The molecule has 0 amide bonds. The van der Waals surface area contributed by atoms with Gasteiger partial charge in [0.05, 0.1) is 22.7 Å². The van der Waals surface area contributed by atoms with Gasteiger partial charge < -0.3 is 4.90 Å². The summed E-state index contributed by atoms with van der Waals surface area (Å²) in [6.07, 6.45) is 1.94. The van der Waals surface area contributed by atoms with Crippen molar-refractivity contribution in [3.63, 3.8) is 0 Å². The van der Waals surface area contributed by atoms with Crippen molar-refractivity contribution in [2.24, 2.45) is 0 Å². The molecule has 0 aliphatic carbocycles. The van der Waals surface area contributed by atoms with E-state index in [9.17, 15) is 14.5 Å². The van der Waals surface area contributed by atoms with Crippen molar-refractivity contribution >= 4 is 11.4 Å². The van der Waals surface area contributed by atoms with Crippen LogP contribution in [0.5, 0.6) is 0 Å². The SMILES string of the molecule is Cc1cccc(C2CCCN2c2ccc([N+](=O)[O-])cc2F)c1. The summed E-state index contributed by atoms with van der Waals surface area (Å²) in [6.45, 7) is 2.79. The number of nitrogens with zero attached hydrogens (tertiary/aromatic N) is 2. The quantitative estimate of drug-likeness (QED) is 0.624. The van der Waals surface area contributed by atoms with E-state index in [4.69, 9.17) is 0 Å². The molecular formula is C17H17FN2O2. The molecule has 3 rings (SSSR count). The highest BCUT2D eigenvalue weighted by Crippen LogP contribution is 2.38. The van der Waals surface area contributed by atoms with E-state index in [1.165, 1.54) is 17.7 Å². The Balaban J connectivity index is 1.95. The smallest absolute Gasteiger partial charge is 0.272 e. The number of nitro benzene ring substituents is 1. The van der Waals surface area contributed by atoms with Crippen molar-refractivity contribution in [2.75, 3.05) is 11.4 Å². The van der Waals surface area contributed by atoms with E-state index in [-0.39, 0.29) is 11.7 Å². The molecule has 2 aromatic carbocycles. The number of aryl methyl sites for hydroxylation is 1. The lowest BCUT2D eigenvalue weighted by Crippen LogP contribution is -2.23. The van der Waals surface area contributed by atoms with Gasteiger partial charge in [0.25, 0.3) is 5.69 Å². The molecule has 1 aliphatic rings. The maximum atomic E-state index is 14.3. The van der Waals surface area contributed by atoms with Gasteiger partial charge in [-0.1, -0.05) is 29.8 Å². The second-order valence-electron chi connectivity index (χ2n) is 5.66. The van der Waals surface area contributed by atoms with E-state index < -0.39 is 10.7 Å². The largest absolute Gasteiger partial charge is 0.362 e. The highest BCUT2D eigenvalue weighted by molar-refractivity contribution is 5.55. The summed E-state index contributed by atoms with van der Waals surface area (Å²) in [7, 11) is 0. The number of nitro groups is 1. The molecule has 0 bridgehead atoms. The Labute approximate surface area is 128 Å². The summed E-state index contributed by atoms with van der Waals surface area (Å²) < 4.78 is 14.3. The molecule has 1 saturated heterocycles. The topological polar surface area (TPSA) is 46.4 Å². The monoisotopic (exact) mass is 300 g/mol. The molecule has 1 fully saturated rings. The van der Waals surface area contributed by atoms with Crippen molar-refractivity contribution in [1.82, 2.24) is 0 Å². The zero-order valence-electron chi connectivity index (χ0n) is 12.3. The van der Waals surface area contributed by atoms with Crippen molar-refractivity contribution in [1.29, 1.82) is 0 Å². The van der Waals surface area contributed by atoms with Crippen molar-refractivity contribution < 1.29 is 9.31 Å². The minimum absolute atomic E-state index is 0.121. The standard InChI is InChI=1S/C17H17FN2O2/c1-12-4-2-5-13(10-12)16-6-3-9-19(16)17-8-7-14(20(21)22)11-15(17)18/h2,4-5,7-8,10-11,16H,3,6,9H2,1H3. The average molecular weight is 300 g/mol. The fourth-order valence-corrected chi connectivity index (χ4v) is 3.12. The molecule has 1 atom stereocenters. The summed E-state index contributed by atoms with van der Waals surface area (Å²) in [5.74, 6) is -0.534. The van der Waals surface area contributed by atoms with Crippen LogP contribution in [0.25, 0.3) is 0 Å². The molecule has 0 spiro atoms. The normalized spacial score (nSPS) is 17.7. The summed E-state index contributed by atoms with van der Waals surface area (Å²) in [6, 6.07) is 12.2. The molecule has 22 heavy (non-hydrogen) atoms. The zero-order chi connectivity index (χ0) is 15.7. The van der Waals surface area contributed by atoms with Gasteiger partial charge in [0.1, 0.15) is 0 Å². The molecule has 0 aromatic heterocycles. The van der Waals surface area contributed by atoms with Gasteiger partial charge >= 0.3 is 0 Å². The van der Waals surface area contributed by atoms with Crippen LogP contribution in [0.3, 0.4) is 0 Å². The third kappa shape index (κ3) is 2.66. The third-order valence-corrected chi connectivity index (χ3v) is 4.13. The summed E-state index contributed by atoms with van der Waals surface area (Å²) in [4.78, 5) is 12.2. The first-order valence-corrected chi connectivity index (χ1v) is 7.33.